The van der Waals surface area contributed by atoms with Crippen molar-refractivity contribution >= 4 is 0 Å². The van der Waals surface area contributed by atoms with Gasteiger partial charge in [0.1, 0.15) is 0 Å². The zero-order chi connectivity index (χ0) is 13.2. The van der Waals surface area contributed by atoms with Crippen molar-refractivity contribution in [1.82, 2.24) is 4.90 Å². The number of hydrogen-bond acceptors (Lipinski definition) is 2. The Balaban J connectivity index is 1.95. The Morgan fingerprint density at radius 1 is 1.22 bits per heavy atom. The molecule has 0 aromatic rings. The first kappa shape index (κ1) is 14.2. The zero-order valence-electron chi connectivity index (χ0n) is 11.2. The molecule has 2 fully saturated rings. The van der Waals surface area contributed by atoms with Crippen molar-refractivity contribution < 1.29 is 13.9 Å². The number of piperidine rings is 1. The summed E-state index contributed by atoms with van der Waals surface area (Å²) in [6, 6.07) is 0.324. The summed E-state index contributed by atoms with van der Waals surface area (Å²) in [7, 11) is 0. The van der Waals surface area contributed by atoms with Gasteiger partial charge in [-0.1, -0.05) is 13.3 Å². The van der Waals surface area contributed by atoms with Crippen LogP contribution >= 0.6 is 0 Å². The summed E-state index contributed by atoms with van der Waals surface area (Å²) >= 11 is 0. The quantitative estimate of drug-likeness (QED) is 0.844. The van der Waals surface area contributed by atoms with Gasteiger partial charge in [0, 0.05) is 32.0 Å². The van der Waals surface area contributed by atoms with E-state index in [1.54, 1.807) is 0 Å². The predicted molar refractivity (Wildman–Crippen MR) is 67.8 cm³/mol. The van der Waals surface area contributed by atoms with E-state index in [2.05, 4.69) is 11.8 Å². The van der Waals surface area contributed by atoms with Gasteiger partial charge in [-0.15, -0.1) is 0 Å². The summed E-state index contributed by atoms with van der Waals surface area (Å²) in [6.45, 7) is 3.15. The van der Waals surface area contributed by atoms with E-state index < -0.39 is 5.92 Å². The van der Waals surface area contributed by atoms with Gasteiger partial charge in [-0.25, -0.2) is 8.78 Å². The van der Waals surface area contributed by atoms with E-state index in [9.17, 15) is 13.9 Å². The lowest BCUT2D eigenvalue weighted by Crippen LogP contribution is -2.50. The van der Waals surface area contributed by atoms with Crippen LogP contribution in [0.2, 0.25) is 0 Å². The molecule has 2 aliphatic rings. The number of halogens is 2. The molecule has 3 atom stereocenters. The number of nitrogens with zero attached hydrogens (tertiary/aromatic N) is 1. The highest BCUT2D eigenvalue weighted by atomic mass is 19.3. The Bertz CT molecular complexity index is 263. The van der Waals surface area contributed by atoms with Gasteiger partial charge in [0.2, 0.25) is 0 Å². The van der Waals surface area contributed by atoms with E-state index in [4.69, 9.17) is 0 Å². The van der Waals surface area contributed by atoms with Crippen molar-refractivity contribution in [1.29, 1.82) is 0 Å². The molecule has 18 heavy (non-hydrogen) atoms. The first-order valence-electron chi connectivity index (χ1n) is 7.32. The van der Waals surface area contributed by atoms with Crippen LogP contribution in [0.15, 0.2) is 0 Å². The highest BCUT2D eigenvalue weighted by Gasteiger charge is 2.39. The molecule has 0 amide bonds. The van der Waals surface area contributed by atoms with E-state index in [1.165, 1.54) is 0 Å². The van der Waals surface area contributed by atoms with Crippen molar-refractivity contribution in [3.05, 3.63) is 0 Å². The molecular weight excluding hydrogens is 236 g/mol. The van der Waals surface area contributed by atoms with Gasteiger partial charge in [0.05, 0.1) is 6.10 Å². The average Bonchev–Trinajstić information content (AvgIpc) is 2.32. The molecule has 3 unspecified atom stereocenters. The van der Waals surface area contributed by atoms with Crippen molar-refractivity contribution in [2.75, 3.05) is 13.1 Å². The van der Waals surface area contributed by atoms with Gasteiger partial charge in [-0.2, -0.15) is 0 Å². The Morgan fingerprint density at radius 2 is 1.89 bits per heavy atom. The molecule has 0 bridgehead atoms. The van der Waals surface area contributed by atoms with Crippen molar-refractivity contribution in [2.45, 2.75) is 69.9 Å². The van der Waals surface area contributed by atoms with Crippen LogP contribution in [0.1, 0.15) is 51.9 Å². The normalized spacial score (nSPS) is 37.7. The number of aliphatic hydroxyl groups is 1. The van der Waals surface area contributed by atoms with Gasteiger partial charge in [0.15, 0.2) is 0 Å². The van der Waals surface area contributed by atoms with Crippen LogP contribution in [0.25, 0.3) is 0 Å². The minimum Gasteiger partial charge on any atom is -0.393 e. The van der Waals surface area contributed by atoms with Crippen LogP contribution in [0.5, 0.6) is 0 Å². The third-order valence-electron chi connectivity index (χ3n) is 4.59. The summed E-state index contributed by atoms with van der Waals surface area (Å²) in [5.74, 6) is -1.88. The Hall–Kier alpha value is -0.220. The summed E-state index contributed by atoms with van der Waals surface area (Å²) in [5, 5.41) is 9.82. The predicted octanol–water partition coefficient (Wildman–Crippen LogP) is 3.05. The van der Waals surface area contributed by atoms with E-state index in [-0.39, 0.29) is 18.9 Å². The van der Waals surface area contributed by atoms with E-state index in [1.807, 2.05) is 0 Å². The monoisotopic (exact) mass is 261 g/mol. The summed E-state index contributed by atoms with van der Waals surface area (Å²) < 4.78 is 26.4. The molecule has 1 N–H and O–H groups in total. The third kappa shape index (κ3) is 3.41. The second-order valence-corrected chi connectivity index (χ2v) is 5.97. The Morgan fingerprint density at radius 3 is 2.50 bits per heavy atom. The lowest BCUT2D eigenvalue weighted by molar-refractivity contribution is -0.0783. The van der Waals surface area contributed by atoms with Gasteiger partial charge in [-0.3, -0.25) is 4.90 Å². The van der Waals surface area contributed by atoms with Crippen LogP contribution < -0.4 is 0 Å². The van der Waals surface area contributed by atoms with Crippen molar-refractivity contribution in [2.24, 2.45) is 5.92 Å². The molecule has 4 heteroatoms. The molecule has 2 nitrogen and oxygen atoms in total. The first-order valence-corrected chi connectivity index (χ1v) is 7.32. The van der Waals surface area contributed by atoms with Gasteiger partial charge < -0.3 is 5.11 Å². The molecule has 1 aliphatic heterocycles. The van der Waals surface area contributed by atoms with E-state index >= 15 is 0 Å². The second-order valence-electron chi connectivity index (χ2n) is 5.97. The maximum absolute atomic E-state index is 13.2. The maximum Gasteiger partial charge on any atom is 0.250 e. The lowest BCUT2D eigenvalue weighted by Gasteiger charge is -2.44. The maximum atomic E-state index is 13.2. The van der Waals surface area contributed by atoms with Gasteiger partial charge in [0.25, 0.3) is 5.92 Å². The second kappa shape index (κ2) is 5.83. The third-order valence-corrected chi connectivity index (χ3v) is 4.59. The Labute approximate surface area is 108 Å². The average molecular weight is 261 g/mol. The molecule has 1 saturated heterocycles. The minimum absolute atomic E-state index is 0.0154. The number of likely N-dealkylation sites (tertiary alicyclic amines) is 1. The first-order chi connectivity index (χ1) is 8.52. The van der Waals surface area contributed by atoms with Crippen LogP contribution in [-0.4, -0.2) is 41.2 Å². The highest BCUT2D eigenvalue weighted by molar-refractivity contribution is 4.90. The Kier molecular flexibility index (Phi) is 4.59. The molecule has 1 heterocycles. The molecule has 0 aromatic carbocycles. The fourth-order valence-corrected chi connectivity index (χ4v) is 3.53. The molecule has 1 saturated carbocycles. The van der Waals surface area contributed by atoms with Crippen LogP contribution in [-0.2, 0) is 0 Å². The highest BCUT2D eigenvalue weighted by Crippen LogP contribution is 2.36. The van der Waals surface area contributed by atoms with Crippen LogP contribution in [0.4, 0.5) is 8.78 Å². The molecule has 2 rings (SSSR count). The number of alkyl halides is 2. The smallest absolute Gasteiger partial charge is 0.250 e. The topological polar surface area (TPSA) is 23.5 Å². The lowest BCUT2D eigenvalue weighted by atomic mass is 9.79. The summed E-state index contributed by atoms with van der Waals surface area (Å²) in [5.41, 5.74) is 0. The van der Waals surface area contributed by atoms with Crippen molar-refractivity contribution in [3.8, 4) is 0 Å². The molecule has 106 valence electrons. The van der Waals surface area contributed by atoms with Crippen molar-refractivity contribution in [3.63, 3.8) is 0 Å². The van der Waals surface area contributed by atoms with E-state index in [0.29, 0.717) is 25.0 Å². The summed E-state index contributed by atoms with van der Waals surface area (Å²) in [6.07, 6.45) is 4.74. The SMILES string of the molecule is CCCC1CCC(O)CC1N1CCC(F)(F)CC1. The number of hydrogen-bond donors (Lipinski definition) is 1. The van der Waals surface area contributed by atoms with Crippen LogP contribution in [0.3, 0.4) is 0 Å². The molecular formula is C14H25F2NO. The molecule has 0 aromatic heterocycles. The summed E-state index contributed by atoms with van der Waals surface area (Å²) in [4.78, 5) is 2.21. The minimum atomic E-state index is -2.47. The van der Waals surface area contributed by atoms with Crippen LogP contribution in [0, 0.1) is 5.92 Å². The van der Waals surface area contributed by atoms with Gasteiger partial charge in [-0.05, 0) is 31.6 Å². The molecule has 1 aliphatic carbocycles. The molecule has 0 spiro atoms. The zero-order valence-corrected chi connectivity index (χ0v) is 11.2. The molecule has 0 radical (unpaired) electrons. The number of aliphatic hydroxyl groups excluding tert-OH is 1. The largest absolute Gasteiger partial charge is 0.393 e. The fourth-order valence-electron chi connectivity index (χ4n) is 3.53. The number of rotatable bonds is 3. The standard InChI is InChI=1S/C14H25F2NO/c1-2-3-11-4-5-12(18)10-13(11)17-8-6-14(15,16)7-9-17/h11-13,18H,2-10H2,1H3. The fraction of sp³-hybridized carbons (Fsp3) is 1.00. The van der Waals surface area contributed by atoms with Gasteiger partial charge >= 0.3 is 0 Å². The van der Waals surface area contributed by atoms with E-state index in [0.717, 1.165) is 32.1 Å².